The molecule has 1 unspecified atom stereocenters. The second-order valence-corrected chi connectivity index (χ2v) is 9.45. The van der Waals surface area contributed by atoms with Crippen molar-refractivity contribution < 1.29 is 23.7 Å². The summed E-state index contributed by atoms with van der Waals surface area (Å²) in [4.78, 5) is 14.4. The summed E-state index contributed by atoms with van der Waals surface area (Å²) in [6.45, 7) is 9.06. The Hall–Kier alpha value is -0.850. The van der Waals surface area contributed by atoms with E-state index < -0.39 is 0 Å². The SMILES string of the molecule is CO[C@H]1C([C@@]2(C)O[C@@H]2CCC(C)C)[C@]2(CC[C@H]1OC(=O)N1CCCC1)CO2. The molecular weight excluding hydrogens is 346 g/mol. The van der Waals surface area contributed by atoms with Gasteiger partial charge in [-0.05, 0) is 51.4 Å². The molecule has 4 fully saturated rings. The zero-order valence-corrected chi connectivity index (χ0v) is 17.2. The van der Waals surface area contributed by atoms with Crippen LogP contribution in [0.25, 0.3) is 0 Å². The summed E-state index contributed by atoms with van der Waals surface area (Å²) in [6, 6.07) is 0. The lowest BCUT2D eigenvalue weighted by Crippen LogP contribution is -2.56. The van der Waals surface area contributed by atoms with Crippen LogP contribution in [0.2, 0.25) is 0 Å². The van der Waals surface area contributed by atoms with E-state index in [4.69, 9.17) is 18.9 Å². The van der Waals surface area contributed by atoms with Gasteiger partial charge in [0, 0.05) is 20.2 Å². The van der Waals surface area contributed by atoms with Crippen LogP contribution in [0.4, 0.5) is 4.79 Å². The average Bonchev–Trinajstić information content (AvgIpc) is 3.46. The molecule has 154 valence electrons. The molecule has 3 heterocycles. The van der Waals surface area contributed by atoms with E-state index in [-0.39, 0.29) is 41.5 Å². The molecule has 1 aliphatic carbocycles. The standard InChI is InChI=1S/C21H35NO5/c1-14(2)7-8-16-20(3,27-16)18-17(24-4)15(9-10-21(18)13-25-21)26-19(23)22-11-5-6-12-22/h14-18H,5-13H2,1-4H3/t15-,16-,17-,18?,20+,21+/m1/s1. The van der Waals surface area contributed by atoms with Crippen molar-refractivity contribution in [2.75, 3.05) is 26.8 Å². The minimum absolute atomic E-state index is 0.109. The predicted molar refractivity (Wildman–Crippen MR) is 101 cm³/mol. The maximum absolute atomic E-state index is 12.6. The van der Waals surface area contributed by atoms with Crippen LogP contribution in [-0.2, 0) is 18.9 Å². The number of epoxide rings is 2. The van der Waals surface area contributed by atoms with Crippen LogP contribution in [-0.4, -0.2) is 67.3 Å². The monoisotopic (exact) mass is 381 g/mol. The quantitative estimate of drug-likeness (QED) is 0.660. The van der Waals surface area contributed by atoms with Crippen molar-refractivity contribution in [3.8, 4) is 0 Å². The summed E-state index contributed by atoms with van der Waals surface area (Å²) in [5.41, 5.74) is -0.399. The largest absolute Gasteiger partial charge is 0.443 e. The summed E-state index contributed by atoms with van der Waals surface area (Å²) in [7, 11) is 1.73. The number of likely N-dealkylation sites (tertiary alicyclic amines) is 1. The minimum Gasteiger partial charge on any atom is -0.443 e. The third-order valence-corrected chi connectivity index (χ3v) is 7.12. The van der Waals surface area contributed by atoms with Crippen LogP contribution < -0.4 is 0 Å². The third kappa shape index (κ3) is 3.60. The molecule has 0 bridgehead atoms. The second kappa shape index (κ2) is 7.20. The molecule has 6 atom stereocenters. The van der Waals surface area contributed by atoms with Crippen molar-refractivity contribution in [2.24, 2.45) is 11.8 Å². The summed E-state index contributed by atoms with van der Waals surface area (Å²) in [6.07, 6.45) is 5.71. The van der Waals surface area contributed by atoms with Gasteiger partial charge in [-0.2, -0.15) is 0 Å². The molecule has 0 N–H and O–H groups in total. The van der Waals surface area contributed by atoms with Crippen molar-refractivity contribution in [3.05, 3.63) is 0 Å². The van der Waals surface area contributed by atoms with Gasteiger partial charge >= 0.3 is 6.09 Å². The first-order valence-electron chi connectivity index (χ1n) is 10.7. The molecule has 4 rings (SSSR count). The molecular formula is C21H35NO5. The van der Waals surface area contributed by atoms with Crippen LogP contribution in [0.15, 0.2) is 0 Å². The van der Waals surface area contributed by atoms with Crippen molar-refractivity contribution in [1.29, 1.82) is 0 Å². The molecule has 1 amide bonds. The first-order chi connectivity index (χ1) is 12.9. The van der Waals surface area contributed by atoms with Gasteiger partial charge in [0.2, 0.25) is 0 Å². The molecule has 0 radical (unpaired) electrons. The Kier molecular flexibility index (Phi) is 5.19. The summed E-state index contributed by atoms with van der Waals surface area (Å²) in [5.74, 6) is 0.778. The van der Waals surface area contributed by atoms with Crippen molar-refractivity contribution >= 4 is 6.09 Å². The van der Waals surface area contributed by atoms with Crippen LogP contribution in [0.3, 0.4) is 0 Å². The third-order valence-electron chi connectivity index (χ3n) is 7.12. The van der Waals surface area contributed by atoms with Crippen LogP contribution >= 0.6 is 0 Å². The van der Waals surface area contributed by atoms with Gasteiger partial charge in [0.1, 0.15) is 23.4 Å². The Balaban J connectivity index is 1.46. The van der Waals surface area contributed by atoms with E-state index in [1.54, 1.807) is 7.11 Å². The first-order valence-corrected chi connectivity index (χ1v) is 10.7. The van der Waals surface area contributed by atoms with Gasteiger partial charge in [0.25, 0.3) is 0 Å². The molecule has 0 aromatic rings. The zero-order valence-electron chi connectivity index (χ0n) is 17.2. The van der Waals surface area contributed by atoms with Gasteiger partial charge in [-0.25, -0.2) is 4.79 Å². The highest BCUT2D eigenvalue weighted by molar-refractivity contribution is 5.68. The lowest BCUT2D eigenvalue weighted by atomic mass is 9.68. The molecule has 0 aromatic heterocycles. The summed E-state index contributed by atoms with van der Waals surface area (Å²) in [5, 5.41) is 0. The highest BCUT2D eigenvalue weighted by Crippen LogP contribution is 2.59. The van der Waals surface area contributed by atoms with E-state index in [1.165, 1.54) is 0 Å². The number of hydrogen-bond donors (Lipinski definition) is 0. The van der Waals surface area contributed by atoms with Crippen LogP contribution in [0.5, 0.6) is 0 Å². The van der Waals surface area contributed by atoms with E-state index in [2.05, 4.69) is 20.8 Å². The Labute approximate surface area is 162 Å². The van der Waals surface area contributed by atoms with E-state index in [1.807, 2.05) is 4.90 Å². The molecule has 3 saturated heterocycles. The molecule has 27 heavy (non-hydrogen) atoms. The Bertz CT molecular complexity index is 557. The highest BCUT2D eigenvalue weighted by Gasteiger charge is 2.72. The smallest absolute Gasteiger partial charge is 0.410 e. The van der Waals surface area contributed by atoms with Crippen molar-refractivity contribution in [2.45, 2.75) is 88.8 Å². The van der Waals surface area contributed by atoms with Crippen LogP contribution in [0, 0.1) is 11.8 Å². The lowest BCUT2D eigenvalue weighted by Gasteiger charge is -2.43. The normalized spacial score (nSPS) is 43.4. The Morgan fingerprint density at radius 3 is 2.59 bits per heavy atom. The fraction of sp³-hybridized carbons (Fsp3) is 0.952. The summed E-state index contributed by atoms with van der Waals surface area (Å²) >= 11 is 0. The average molecular weight is 382 g/mol. The molecule has 4 aliphatic rings. The molecule has 6 nitrogen and oxygen atoms in total. The predicted octanol–water partition coefficient (Wildman–Crippen LogP) is 3.38. The number of carbonyl (C=O) groups is 1. The Morgan fingerprint density at radius 1 is 1.30 bits per heavy atom. The molecule has 0 aromatic carbocycles. The lowest BCUT2D eigenvalue weighted by molar-refractivity contribution is -0.121. The number of methoxy groups -OCH3 is 1. The molecule has 6 heteroatoms. The number of nitrogens with zero attached hydrogens (tertiary/aromatic N) is 1. The maximum Gasteiger partial charge on any atom is 0.410 e. The van der Waals surface area contributed by atoms with Gasteiger partial charge < -0.3 is 23.8 Å². The fourth-order valence-electron chi connectivity index (χ4n) is 5.38. The molecule has 1 spiro atoms. The Morgan fingerprint density at radius 2 is 2.00 bits per heavy atom. The van der Waals surface area contributed by atoms with Gasteiger partial charge in [-0.15, -0.1) is 0 Å². The molecule has 1 saturated carbocycles. The summed E-state index contributed by atoms with van der Waals surface area (Å²) < 4.78 is 24.1. The van der Waals surface area contributed by atoms with E-state index in [9.17, 15) is 4.79 Å². The van der Waals surface area contributed by atoms with E-state index >= 15 is 0 Å². The zero-order chi connectivity index (χ0) is 19.2. The van der Waals surface area contributed by atoms with E-state index in [0.29, 0.717) is 5.92 Å². The number of hydrogen-bond acceptors (Lipinski definition) is 5. The number of ether oxygens (including phenoxy) is 4. The van der Waals surface area contributed by atoms with Gasteiger partial charge in [-0.3, -0.25) is 0 Å². The number of rotatable bonds is 6. The van der Waals surface area contributed by atoms with Gasteiger partial charge in [-0.1, -0.05) is 13.8 Å². The van der Waals surface area contributed by atoms with Crippen molar-refractivity contribution in [1.82, 2.24) is 4.90 Å². The van der Waals surface area contributed by atoms with E-state index in [0.717, 1.165) is 58.2 Å². The van der Waals surface area contributed by atoms with Gasteiger partial charge in [0.05, 0.1) is 18.6 Å². The van der Waals surface area contributed by atoms with Gasteiger partial charge in [0.15, 0.2) is 0 Å². The highest BCUT2D eigenvalue weighted by atomic mass is 16.6. The van der Waals surface area contributed by atoms with Crippen LogP contribution in [0.1, 0.15) is 59.3 Å². The number of carbonyl (C=O) groups excluding carboxylic acids is 1. The topological polar surface area (TPSA) is 63.8 Å². The fourth-order valence-corrected chi connectivity index (χ4v) is 5.38. The molecule has 3 aliphatic heterocycles. The van der Waals surface area contributed by atoms with Crippen molar-refractivity contribution in [3.63, 3.8) is 0 Å². The minimum atomic E-state index is -0.245. The first kappa shape index (κ1) is 19.5. The maximum atomic E-state index is 12.6. The second-order valence-electron chi connectivity index (χ2n) is 9.45. The number of amides is 1.